The number of ether oxygens (including phenoxy) is 2. The minimum atomic E-state index is -1.14. The molecule has 1 unspecified atom stereocenters. The van der Waals surface area contributed by atoms with Crippen LogP contribution in [-0.2, 0) is 20.9 Å². The number of carbonyl (C=O) groups is 3. The van der Waals surface area contributed by atoms with Crippen LogP contribution < -0.4 is 21.5 Å². The second-order valence-electron chi connectivity index (χ2n) is 6.79. The van der Waals surface area contributed by atoms with Crippen LogP contribution in [0.4, 0.5) is 0 Å². The van der Waals surface area contributed by atoms with Crippen molar-refractivity contribution in [3.05, 3.63) is 65.2 Å². The Morgan fingerprint density at radius 2 is 1.81 bits per heavy atom. The summed E-state index contributed by atoms with van der Waals surface area (Å²) in [5.41, 5.74) is 12.8. The quantitative estimate of drug-likeness (QED) is 0.194. The van der Waals surface area contributed by atoms with E-state index in [1.54, 1.807) is 49.4 Å². The Bertz CT molecular complexity index is 943. The summed E-state index contributed by atoms with van der Waals surface area (Å²) in [5, 5.41) is 9.94. The van der Waals surface area contributed by atoms with Crippen molar-refractivity contribution < 1.29 is 23.9 Å². The molecule has 0 heterocycles. The van der Waals surface area contributed by atoms with Crippen molar-refractivity contribution in [2.24, 2.45) is 11.5 Å². The van der Waals surface area contributed by atoms with E-state index >= 15 is 0 Å². The highest BCUT2D eigenvalue weighted by Crippen LogP contribution is 2.15. The lowest BCUT2D eigenvalue weighted by molar-refractivity contribution is -0.160. The normalized spacial score (nSPS) is 11.3. The molecule has 0 saturated heterocycles. The maximum absolute atomic E-state index is 12.4. The minimum absolute atomic E-state index is 0.0224. The van der Waals surface area contributed by atoms with Gasteiger partial charge in [-0.2, -0.15) is 0 Å². The number of amides is 1. The highest BCUT2D eigenvalue weighted by Gasteiger charge is 2.19. The number of hydrogen-bond donors (Lipinski definition) is 4. The summed E-state index contributed by atoms with van der Waals surface area (Å²) in [6, 6.07) is 12.4. The molecule has 0 aromatic heterocycles. The van der Waals surface area contributed by atoms with Crippen LogP contribution in [0.2, 0.25) is 0 Å². The summed E-state index contributed by atoms with van der Waals surface area (Å²) in [7, 11) is 0. The fourth-order valence-electron chi connectivity index (χ4n) is 2.53. The van der Waals surface area contributed by atoms with Gasteiger partial charge in [-0.15, -0.1) is 0 Å². The molecular formula is C22H26N4O5. The Morgan fingerprint density at radius 1 is 1.10 bits per heavy atom. The van der Waals surface area contributed by atoms with Gasteiger partial charge in [0.1, 0.15) is 24.2 Å². The van der Waals surface area contributed by atoms with Gasteiger partial charge >= 0.3 is 11.9 Å². The largest absolute Gasteiger partial charge is 0.489 e. The molecule has 0 bridgehead atoms. The molecule has 0 saturated carbocycles. The Balaban J connectivity index is 1.87. The molecule has 0 fully saturated rings. The van der Waals surface area contributed by atoms with Gasteiger partial charge in [0.15, 0.2) is 0 Å². The number of benzene rings is 2. The second kappa shape index (κ2) is 11.5. The van der Waals surface area contributed by atoms with E-state index in [2.05, 4.69) is 10.1 Å². The van der Waals surface area contributed by atoms with Crippen molar-refractivity contribution in [2.45, 2.75) is 32.4 Å². The first-order valence-electron chi connectivity index (χ1n) is 9.74. The Labute approximate surface area is 180 Å². The van der Waals surface area contributed by atoms with E-state index in [0.717, 1.165) is 5.56 Å². The average molecular weight is 426 g/mol. The van der Waals surface area contributed by atoms with Gasteiger partial charge in [-0.25, -0.2) is 4.79 Å². The molecule has 2 aromatic carbocycles. The van der Waals surface area contributed by atoms with Gasteiger partial charge in [-0.1, -0.05) is 19.1 Å². The van der Waals surface area contributed by atoms with Crippen LogP contribution in [0.5, 0.6) is 5.75 Å². The number of esters is 2. The molecule has 0 aliphatic carbocycles. The lowest BCUT2D eigenvalue weighted by Crippen LogP contribution is -2.44. The van der Waals surface area contributed by atoms with E-state index in [0.29, 0.717) is 23.3 Å². The van der Waals surface area contributed by atoms with Gasteiger partial charge in [0, 0.05) is 24.1 Å². The number of nitrogens with one attached hydrogen (secondary N) is 2. The van der Waals surface area contributed by atoms with E-state index in [4.69, 9.17) is 21.6 Å². The summed E-state index contributed by atoms with van der Waals surface area (Å²) in [5.74, 6) is -1.36. The molecule has 9 heteroatoms. The molecule has 31 heavy (non-hydrogen) atoms. The van der Waals surface area contributed by atoms with Crippen molar-refractivity contribution in [1.29, 1.82) is 5.41 Å². The number of amidine groups is 1. The molecule has 2 aromatic rings. The van der Waals surface area contributed by atoms with E-state index in [1.165, 1.54) is 0 Å². The van der Waals surface area contributed by atoms with Gasteiger partial charge in [0.05, 0.1) is 0 Å². The first kappa shape index (κ1) is 23.6. The number of rotatable bonds is 10. The van der Waals surface area contributed by atoms with Gasteiger partial charge in [0.25, 0.3) is 5.91 Å². The van der Waals surface area contributed by atoms with E-state index < -0.39 is 23.9 Å². The zero-order chi connectivity index (χ0) is 22.8. The average Bonchev–Trinajstić information content (AvgIpc) is 2.76. The molecule has 0 radical (unpaired) electrons. The zero-order valence-electron chi connectivity index (χ0n) is 17.2. The van der Waals surface area contributed by atoms with Crippen LogP contribution >= 0.6 is 0 Å². The second-order valence-corrected chi connectivity index (χ2v) is 6.79. The van der Waals surface area contributed by atoms with E-state index in [1.807, 2.05) is 6.07 Å². The van der Waals surface area contributed by atoms with Crippen LogP contribution in [-0.4, -0.2) is 36.3 Å². The summed E-state index contributed by atoms with van der Waals surface area (Å²) >= 11 is 0. The van der Waals surface area contributed by atoms with Crippen molar-refractivity contribution in [1.82, 2.24) is 5.32 Å². The summed E-state index contributed by atoms with van der Waals surface area (Å²) in [6.07, 6.45) is 0.683. The molecule has 1 atom stereocenters. The Morgan fingerprint density at radius 3 is 2.45 bits per heavy atom. The van der Waals surface area contributed by atoms with Crippen LogP contribution in [0.15, 0.2) is 48.5 Å². The predicted octanol–water partition coefficient (Wildman–Crippen LogP) is 1.48. The van der Waals surface area contributed by atoms with Crippen molar-refractivity contribution in [3.63, 3.8) is 0 Å². The molecule has 2 rings (SSSR count). The maximum atomic E-state index is 12.4. The number of carbonyl (C=O) groups excluding carboxylic acids is 3. The fourth-order valence-corrected chi connectivity index (χ4v) is 2.53. The third kappa shape index (κ3) is 7.56. The highest BCUT2D eigenvalue weighted by molar-refractivity contribution is 5.95. The zero-order valence-corrected chi connectivity index (χ0v) is 17.2. The van der Waals surface area contributed by atoms with E-state index in [-0.39, 0.29) is 25.4 Å². The lowest BCUT2D eigenvalue weighted by Gasteiger charge is -2.12. The Kier molecular flexibility index (Phi) is 8.71. The summed E-state index contributed by atoms with van der Waals surface area (Å²) in [6.45, 7) is 1.85. The van der Waals surface area contributed by atoms with Crippen LogP contribution in [0.25, 0.3) is 0 Å². The van der Waals surface area contributed by atoms with Crippen LogP contribution in [0.3, 0.4) is 0 Å². The Hall–Kier alpha value is -3.72. The van der Waals surface area contributed by atoms with Gasteiger partial charge in [-0.3, -0.25) is 15.0 Å². The number of nitrogen functional groups attached to an aromatic ring is 1. The highest BCUT2D eigenvalue weighted by atomic mass is 16.6. The monoisotopic (exact) mass is 426 g/mol. The molecule has 0 spiro atoms. The number of nitrogens with two attached hydrogens (primary N) is 2. The molecular weight excluding hydrogens is 400 g/mol. The molecule has 6 N–H and O–H groups in total. The van der Waals surface area contributed by atoms with Crippen molar-refractivity contribution >= 4 is 23.7 Å². The predicted molar refractivity (Wildman–Crippen MR) is 115 cm³/mol. The third-order valence-electron chi connectivity index (χ3n) is 4.21. The van der Waals surface area contributed by atoms with Gasteiger partial charge < -0.3 is 26.3 Å². The SMILES string of the molecule is CCCC(=O)OC(=O)C(N)CNC(=O)c1cccc(COc2ccc(C(=N)N)cc2)c1. The summed E-state index contributed by atoms with van der Waals surface area (Å²) < 4.78 is 10.3. The smallest absolute Gasteiger partial charge is 0.332 e. The van der Waals surface area contributed by atoms with Crippen molar-refractivity contribution in [2.75, 3.05) is 6.54 Å². The topological polar surface area (TPSA) is 158 Å². The van der Waals surface area contributed by atoms with Gasteiger partial charge in [0.2, 0.25) is 0 Å². The summed E-state index contributed by atoms with van der Waals surface area (Å²) in [4.78, 5) is 35.5. The minimum Gasteiger partial charge on any atom is -0.489 e. The first-order valence-corrected chi connectivity index (χ1v) is 9.74. The molecule has 0 aliphatic rings. The molecule has 164 valence electrons. The van der Waals surface area contributed by atoms with Crippen LogP contribution in [0, 0.1) is 5.41 Å². The number of hydrogen-bond acceptors (Lipinski definition) is 7. The lowest BCUT2D eigenvalue weighted by atomic mass is 10.1. The standard InChI is InChI=1S/C22H26N4O5/c1-2-4-19(27)31-22(29)18(23)12-26-21(28)16-6-3-5-14(11-16)13-30-17-9-7-15(8-10-17)20(24)25/h3,5-11,18H,2,4,12-13,23H2,1H3,(H3,24,25)(H,26,28). The molecule has 1 amide bonds. The molecule has 0 aliphatic heterocycles. The van der Waals surface area contributed by atoms with Crippen LogP contribution in [0.1, 0.15) is 41.3 Å². The first-order chi connectivity index (χ1) is 14.8. The van der Waals surface area contributed by atoms with Gasteiger partial charge in [-0.05, 0) is 48.4 Å². The molecule has 9 nitrogen and oxygen atoms in total. The maximum Gasteiger partial charge on any atom is 0.332 e. The fraction of sp³-hybridized carbons (Fsp3) is 0.273. The van der Waals surface area contributed by atoms with E-state index in [9.17, 15) is 14.4 Å². The van der Waals surface area contributed by atoms with Crippen molar-refractivity contribution in [3.8, 4) is 5.75 Å². The third-order valence-corrected chi connectivity index (χ3v) is 4.21.